The zero-order valence-corrected chi connectivity index (χ0v) is 11.5. The van der Waals surface area contributed by atoms with Crippen molar-refractivity contribution in [3.8, 4) is 0 Å². The highest BCUT2D eigenvalue weighted by molar-refractivity contribution is 9.10. The molecule has 0 aromatic heterocycles. The van der Waals surface area contributed by atoms with Crippen molar-refractivity contribution in [3.05, 3.63) is 34.1 Å². The zero-order chi connectivity index (χ0) is 12.2. The van der Waals surface area contributed by atoms with E-state index in [1.807, 2.05) is 0 Å². The number of rotatable bonds is 5. The molecule has 3 heteroatoms. The fraction of sp³-hybridized carbons (Fsp3) is 0.538. The minimum absolute atomic E-state index is 0.0936. The molecule has 1 aromatic carbocycles. The van der Waals surface area contributed by atoms with Crippen molar-refractivity contribution >= 4 is 15.9 Å². The molecule has 0 spiro atoms. The van der Waals surface area contributed by atoms with Crippen molar-refractivity contribution < 1.29 is 4.39 Å². The van der Waals surface area contributed by atoms with Gasteiger partial charge in [0, 0.05) is 4.47 Å². The first kappa shape index (κ1) is 13.7. The van der Waals surface area contributed by atoms with Gasteiger partial charge in [0.25, 0.3) is 0 Å². The van der Waals surface area contributed by atoms with Gasteiger partial charge in [-0.3, -0.25) is 0 Å². The fourth-order valence-electron chi connectivity index (χ4n) is 1.94. The molecule has 0 aliphatic heterocycles. The number of benzene rings is 1. The van der Waals surface area contributed by atoms with Crippen LogP contribution < -0.4 is 5.73 Å². The normalized spacial score (nSPS) is 11.8. The molecule has 90 valence electrons. The molecule has 1 aromatic rings. The highest BCUT2D eigenvalue weighted by Crippen LogP contribution is 2.32. The summed E-state index contributed by atoms with van der Waals surface area (Å²) in [7, 11) is 0. The van der Waals surface area contributed by atoms with Crippen LogP contribution in [-0.2, 0) is 6.42 Å². The second-order valence-corrected chi connectivity index (χ2v) is 5.18. The molecule has 0 bridgehead atoms. The van der Waals surface area contributed by atoms with Gasteiger partial charge in [0.15, 0.2) is 0 Å². The topological polar surface area (TPSA) is 26.0 Å². The Kier molecular flexibility index (Phi) is 4.93. The van der Waals surface area contributed by atoms with E-state index in [1.165, 1.54) is 6.07 Å². The van der Waals surface area contributed by atoms with Gasteiger partial charge in [-0.15, -0.1) is 0 Å². The summed E-state index contributed by atoms with van der Waals surface area (Å²) in [5.41, 5.74) is 6.96. The van der Waals surface area contributed by atoms with E-state index in [0.717, 1.165) is 29.3 Å². The summed E-state index contributed by atoms with van der Waals surface area (Å²) >= 11 is 3.46. The van der Waals surface area contributed by atoms with Crippen LogP contribution in [0, 0.1) is 11.2 Å². The third-order valence-corrected chi connectivity index (χ3v) is 4.28. The van der Waals surface area contributed by atoms with E-state index in [4.69, 9.17) is 5.73 Å². The summed E-state index contributed by atoms with van der Waals surface area (Å²) in [4.78, 5) is 0. The van der Waals surface area contributed by atoms with Gasteiger partial charge in [0.1, 0.15) is 5.82 Å². The van der Waals surface area contributed by atoms with Crippen LogP contribution in [0.15, 0.2) is 22.7 Å². The SMILES string of the molecule is CCC(CC)(CN)Cc1cc(F)ccc1Br. The fourth-order valence-corrected chi connectivity index (χ4v) is 2.33. The lowest BCUT2D eigenvalue weighted by molar-refractivity contribution is 0.270. The summed E-state index contributed by atoms with van der Waals surface area (Å²) in [6.45, 7) is 4.93. The molecule has 2 N–H and O–H groups in total. The molecule has 0 saturated heterocycles. The molecule has 0 unspecified atom stereocenters. The van der Waals surface area contributed by atoms with Crippen molar-refractivity contribution in [1.82, 2.24) is 0 Å². The molecule has 0 radical (unpaired) electrons. The van der Waals surface area contributed by atoms with E-state index in [-0.39, 0.29) is 11.2 Å². The predicted molar refractivity (Wildman–Crippen MR) is 69.9 cm³/mol. The van der Waals surface area contributed by atoms with Crippen LogP contribution in [0.5, 0.6) is 0 Å². The van der Waals surface area contributed by atoms with Crippen LogP contribution in [-0.4, -0.2) is 6.54 Å². The lowest BCUT2D eigenvalue weighted by atomic mass is 9.77. The smallest absolute Gasteiger partial charge is 0.123 e. The van der Waals surface area contributed by atoms with Gasteiger partial charge >= 0.3 is 0 Å². The molecule has 16 heavy (non-hydrogen) atoms. The van der Waals surface area contributed by atoms with E-state index in [0.29, 0.717) is 6.54 Å². The maximum Gasteiger partial charge on any atom is 0.123 e. The molecule has 0 amide bonds. The summed E-state index contributed by atoms with van der Waals surface area (Å²) in [6.07, 6.45) is 2.86. The Bertz CT molecular complexity index is 340. The molecule has 0 heterocycles. The maximum atomic E-state index is 13.2. The Balaban J connectivity index is 2.97. The van der Waals surface area contributed by atoms with E-state index < -0.39 is 0 Å². The molecule has 1 nitrogen and oxygen atoms in total. The number of halogens is 2. The Labute approximate surface area is 105 Å². The van der Waals surface area contributed by atoms with E-state index in [2.05, 4.69) is 29.8 Å². The van der Waals surface area contributed by atoms with E-state index in [9.17, 15) is 4.39 Å². The Morgan fingerprint density at radius 1 is 1.31 bits per heavy atom. The summed E-state index contributed by atoms with van der Waals surface area (Å²) in [6, 6.07) is 4.83. The zero-order valence-electron chi connectivity index (χ0n) is 9.89. The van der Waals surface area contributed by atoms with Crippen molar-refractivity contribution in [2.45, 2.75) is 33.1 Å². The standard InChI is InChI=1S/C13H19BrFN/c1-3-13(4-2,9-16)8-10-7-11(15)5-6-12(10)14/h5-7H,3-4,8-9,16H2,1-2H3. The van der Waals surface area contributed by atoms with Gasteiger partial charge < -0.3 is 5.73 Å². The highest BCUT2D eigenvalue weighted by Gasteiger charge is 2.25. The van der Waals surface area contributed by atoms with Crippen LogP contribution in [0.3, 0.4) is 0 Å². The second kappa shape index (κ2) is 5.78. The van der Waals surface area contributed by atoms with Crippen molar-refractivity contribution in [2.75, 3.05) is 6.54 Å². The third-order valence-electron chi connectivity index (χ3n) is 3.51. The third kappa shape index (κ3) is 3.05. The molecular weight excluding hydrogens is 269 g/mol. The van der Waals surface area contributed by atoms with Gasteiger partial charge in [0.2, 0.25) is 0 Å². The van der Waals surface area contributed by atoms with Gasteiger partial charge in [-0.2, -0.15) is 0 Å². The highest BCUT2D eigenvalue weighted by atomic mass is 79.9. The summed E-state index contributed by atoms with van der Waals surface area (Å²) < 4.78 is 14.1. The predicted octanol–water partition coefficient (Wildman–Crippen LogP) is 3.90. The minimum atomic E-state index is -0.184. The summed E-state index contributed by atoms with van der Waals surface area (Å²) in [5, 5.41) is 0. The molecule has 0 atom stereocenters. The van der Waals surface area contributed by atoms with Crippen molar-refractivity contribution in [2.24, 2.45) is 11.1 Å². The van der Waals surface area contributed by atoms with Gasteiger partial charge in [0.05, 0.1) is 0 Å². The van der Waals surface area contributed by atoms with E-state index >= 15 is 0 Å². The maximum absolute atomic E-state index is 13.2. The number of nitrogens with two attached hydrogens (primary N) is 1. The van der Waals surface area contributed by atoms with Crippen molar-refractivity contribution in [1.29, 1.82) is 0 Å². The molecule has 0 fully saturated rings. The molecule has 0 aliphatic rings. The Hall–Kier alpha value is -0.410. The van der Waals surface area contributed by atoms with Crippen LogP contribution in [0.25, 0.3) is 0 Å². The van der Waals surface area contributed by atoms with Crippen LogP contribution in [0.4, 0.5) is 4.39 Å². The molecule has 1 rings (SSSR count). The summed E-state index contributed by atoms with van der Waals surface area (Å²) in [5.74, 6) is -0.184. The first-order valence-electron chi connectivity index (χ1n) is 5.71. The van der Waals surface area contributed by atoms with E-state index in [1.54, 1.807) is 12.1 Å². The monoisotopic (exact) mass is 287 g/mol. The molecular formula is C13H19BrFN. The first-order valence-corrected chi connectivity index (χ1v) is 6.50. The first-order chi connectivity index (χ1) is 7.56. The minimum Gasteiger partial charge on any atom is -0.330 e. The second-order valence-electron chi connectivity index (χ2n) is 4.32. The number of hydrogen-bond donors (Lipinski definition) is 1. The van der Waals surface area contributed by atoms with Crippen LogP contribution >= 0.6 is 15.9 Å². The Morgan fingerprint density at radius 3 is 2.44 bits per heavy atom. The van der Waals surface area contributed by atoms with Crippen LogP contribution in [0.2, 0.25) is 0 Å². The largest absolute Gasteiger partial charge is 0.330 e. The van der Waals surface area contributed by atoms with Gasteiger partial charge in [-0.25, -0.2) is 4.39 Å². The Morgan fingerprint density at radius 2 is 1.94 bits per heavy atom. The van der Waals surface area contributed by atoms with Gasteiger partial charge in [-0.05, 0) is 55.0 Å². The number of hydrogen-bond acceptors (Lipinski definition) is 1. The average molecular weight is 288 g/mol. The van der Waals surface area contributed by atoms with Crippen LogP contribution in [0.1, 0.15) is 32.3 Å². The van der Waals surface area contributed by atoms with Crippen molar-refractivity contribution in [3.63, 3.8) is 0 Å². The lowest BCUT2D eigenvalue weighted by Crippen LogP contribution is -2.31. The molecule has 0 aliphatic carbocycles. The van der Waals surface area contributed by atoms with Gasteiger partial charge in [-0.1, -0.05) is 29.8 Å². The lowest BCUT2D eigenvalue weighted by Gasteiger charge is -2.30. The quantitative estimate of drug-likeness (QED) is 0.873. The average Bonchev–Trinajstić information content (AvgIpc) is 2.31. The molecule has 0 saturated carbocycles.